The molecule has 3 aliphatic rings. The lowest BCUT2D eigenvalue weighted by atomic mass is 9.98. The fourth-order valence-electron chi connectivity index (χ4n) is 8.66. The summed E-state index contributed by atoms with van der Waals surface area (Å²) in [7, 11) is -1.71. The van der Waals surface area contributed by atoms with Gasteiger partial charge in [-0.3, -0.25) is 0 Å². The van der Waals surface area contributed by atoms with Crippen LogP contribution in [-0.2, 0) is 28.4 Å². The van der Waals surface area contributed by atoms with E-state index in [1.807, 2.05) is 0 Å². The molecule has 3 aliphatic heterocycles. The summed E-state index contributed by atoms with van der Waals surface area (Å²) in [5.41, 5.74) is 3.91. The van der Waals surface area contributed by atoms with Crippen molar-refractivity contribution in [3.05, 3.63) is 0 Å². The lowest BCUT2D eigenvalue weighted by molar-refractivity contribution is -0.337. The van der Waals surface area contributed by atoms with E-state index in [9.17, 15) is 0 Å². The van der Waals surface area contributed by atoms with Crippen LogP contribution in [0.4, 0.5) is 0 Å². The van der Waals surface area contributed by atoms with E-state index in [-0.39, 0.29) is 37.0 Å². The molecule has 8 heteroatoms. The molecule has 0 spiro atoms. The predicted octanol–water partition coefficient (Wildman–Crippen LogP) is 7.57. The quantitative estimate of drug-likeness (QED) is 0.244. The van der Waals surface area contributed by atoms with E-state index >= 15 is 0 Å². The van der Waals surface area contributed by atoms with Crippen molar-refractivity contribution >= 4 is 16.1 Å². The van der Waals surface area contributed by atoms with Crippen molar-refractivity contribution in [1.29, 1.82) is 0 Å². The third kappa shape index (κ3) is 5.83. The SMILES string of the molecule is CO[C@H]1O[C@@H]2COC(C[Si](C(C)C)(C(C)C)C(C)C)O[C@H]2[C@@H]2OC(C[Si](C(C)C)(C(C)C)C(C)C)O[C@H]12. The maximum absolute atomic E-state index is 6.78. The Kier molecular flexibility index (Phi) is 10.6. The van der Waals surface area contributed by atoms with E-state index < -0.39 is 22.4 Å². The fraction of sp³-hybridized carbons (Fsp3) is 1.00. The molecule has 0 saturated carbocycles. The zero-order chi connectivity index (χ0) is 27.9. The first kappa shape index (κ1) is 31.7. The van der Waals surface area contributed by atoms with Gasteiger partial charge in [-0.25, -0.2) is 0 Å². The smallest absolute Gasteiger partial charge is 0.186 e. The highest BCUT2D eigenvalue weighted by Gasteiger charge is 2.58. The van der Waals surface area contributed by atoms with Gasteiger partial charge in [0.25, 0.3) is 0 Å². The first-order valence-electron chi connectivity index (χ1n) is 15.0. The molecular weight excluding hydrogens is 500 g/mol. The zero-order valence-corrected chi connectivity index (χ0v) is 28.1. The minimum Gasteiger partial charge on any atom is -0.353 e. The standard InChI is InChI=1S/C29H58O6Si2/c1-17(2)36(18(3)4,19(5)6)15-24-31-14-23-26(33-24)27-28(29(30-13)32-23)35-25(34-27)16-37(20(7)8,21(9)10)22(11)12/h17-29H,14-16H2,1-13H3/t23-,24?,25?,26-,27+,28+,29+/m1/s1. The molecule has 2 unspecified atom stereocenters. The molecule has 3 heterocycles. The van der Waals surface area contributed by atoms with Crippen LogP contribution in [0.5, 0.6) is 0 Å². The van der Waals surface area contributed by atoms with Gasteiger partial charge < -0.3 is 28.4 Å². The van der Waals surface area contributed by atoms with Gasteiger partial charge in [-0.05, 0) is 12.1 Å². The number of hydrogen-bond donors (Lipinski definition) is 0. The van der Waals surface area contributed by atoms with Gasteiger partial charge in [-0.15, -0.1) is 0 Å². The highest BCUT2D eigenvalue weighted by molar-refractivity contribution is 6.84. The summed E-state index contributed by atoms with van der Waals surface area (Å²) >= 11 is 0. The first-order valence-corrected chi connectivity index (χ1v) is 19.9. The molecule has 0 aliphatic carbocycles. The molecule has 0 aromatic carbocycles. The summed E-state index contributed by atoms with van der Waals surface area (Å²) in [5.74, 6) is 0. The Bertz CT molecular complexity index is 684. The van der Waals surface area contributed by atoms with Crippen molar-refractivity contribution in [1.82, 2.24) is 0 Å². The third-order valence-electron chi connectivity index (χ3n) is 10.7. The summed E-state index contributed by atoms with van der Waals surface area (Å²) in [6.45, 7) is 29.3. The molecule has 37 heavy (non-hydrogen) atoms. The Balaban J connectivity index is 1.83. The van der Waals surface area contributed by atoms with Crippen LogP contribution in [0.25, 0.3) is 0 Å². The van der Waals surface area contributed by atoms with Gasteiger partial charge in [0.2, 0.25) is 0 Å². The molecular formula is C29H58O6Si2. The van der Waals surface area contributed by atoms with Crippen molar-refractivity contribution in [2.45, 2.75) is 172 Å². The van der Waals surface area contributed by atoms with Gasteiger partial charge in [0.1, 0.15) is 24.4 Å². The molecule has 3 saturated heterocycles. The third-order valence-corrected chi connectivity index (χ3v) is 25.7. The average Bonchev–Trinajstić information content (AvgIpc) is 3.23. The number of methoxy groups -OCH3 is 1. The van der Waals surface area contributed by atoms with Gasteiger partial charge >= 0.3 is 0 Å². The molecule has 6 nitrogen and oxygen atoms in total. The Labute approximate surface area is 229 Å². The lowest BCUT2D eigenvalue weighted by Gasteiger charge is -2.49. The second kappa shape index (κ2) is 12.4. The van der Waals surface area contributed by atoms with Crippen molar-refractivity contribution in [3.8, 4) is 0 Å². The van der Waals surface area contributed by atoms with Crippen LogP contribution in [0.15, 0.2) is 0 Å². The maximum atomic E-state index is 6.78. The van der Waals surface area contributed by atoms with Gasteiger partial charge in [-0.1, -0.05) is 116 Å². The summed E-state index contributed by atoms with van der Waals surface area (Å²) in [4.78, 5) is 0. The van der Waals surface area contributed by atoms with Crippen LogP contribution in [0.1, 0.15) is 83.1 Å². The normalized spacial score (nSPS) is 33.3. The van der Waals surface area contributed by atoms with Crippen LogP contribution in [-0.4, -0.2) is 73.2 Å². The number of fused-ring (bicyclic) bond motifs is 3. The highest BCUT2D eigenvalue weighted by Crippen LogP contribution is 2.49. The lowest BCUT2D eigenvalue weighted by Crippen LogP contribution is -2.63. The topological polar surface area (TPSA) is 55.4 Å². The summed E-state index contributed by atoms with van der Waals surface area (Å²) < 4.78 is 38.6. The Morgan fingerprint density at radius 2 is 0.973 bits per heavy atom. The Hall–Kier alpha value is 0.194. The van der Waals surface area contributed by atoms with E-state index in [1.54, 1.807) is 7.11 Å². The minimum atomic E-state index is -1.71. The van der Waals surface area contributed by atoms with E-state index in [1.165, 1.54) is 0 Å². The molecule has 218 valence electrons. The fourth-order valence-corrected chi connectivity index (χ4v) is 21.0. The Morgan fingerprint density at radius 3 is 1.41 bits per heavy atom. The molecule has 0 radical (unpaired) electrons. The van der Waals surface area contributed by atoms with E-state index in [4.69, 9.17) is 28.4 Å². The van der Waals surface area contributed by atoms with Crippen LogP contribution in [0, 0.1) is 0 Å². The van der Waals surface area contributed by atoms with Gasteiger partial charge in [0.15, 0.2) is 18.9 Å². The van der Waals surface area contributed by atoms with Crippen molar-refractivity contribution in [2.24, 2.45) is 0 Å². The average molecular weight is 559 g/mol. The second-order valence-corrected chi connectivity index (χ2v) is 26.0. The second-order valence-electron chi connectivity index (χ2n) is 13.8. The number of hydrogen-bond acceptors (Lipinski definition) is 6. The van der Waals surface area contributed by atoms with Gasteiger partial charge in [0, 0.05) is 7.11 Å². The highest BCUT2D eigenvalue weighted by atomic mass is 28.3. The molecule has 7 atom stereocenters. The van der Waals surface area contributed by atoms with Crippen LogP contribution < -0.4 is 0 Å². The first-order chi connectivity index (χ1) is 17.2. The molecule has 0 amide bonds. The molecule has 3 fully saturated rings. The van der Waals surface area contributed by atoms with Crippen LogP contribution in [0.3, 0.4) is 0 Å². The molecule has 0 aromatic heterocycles. The zero-order valence-electron chi connectivity index (χ0n) is 26.1. The van der Waals surface area contributed by atoms with Crippen LogP contribution >= 0.6 is 0 Å². The number of ether oxygens (including phenoxy) is 6. The maximum Gasteiger partial charge on any atom is 0.186 e. The summed E-state index contributed by atoms with van der Waals surface area (Å²) in [6, 6.07) is 1.99. The van der Waals surface area contributed by atoms with Gasteiger partial charge in [-0.2, -0.15) is 0 Å². The summed E-state index contributed by atoms with van der Waals surface area (Å²) in [5, 5.41) is 0. The Morgan fingerprint density at radius 1 is 0.568 bits per heavy atom. The van der Waals surface area contributed by atoms with E-state index in [0.717, 1.165) is 12.1 Å². The van der Waals surface area contributed by atoms with Crippen molar-refractivity contribution < 1.29 is 28.4 Å². The van der Waals surface area contributed by atoms with Crippen molar-refractivity contribution in [3.63, 3.8) is 0 Å². The molecule has 0 bridgehead atoms. The van der Waals surface area contributed by atoms with E-state index in [0.29, 0.717) is 39.9 Å². The minimum absolute atomic E-state index is 0.202. The summed E-state index contributed by atoms with van der Waals surface area (Å²) in [6.07, 6.45) is -1.83. The molecule has 0 aromatic rings. The largest absolute Gasteiger partial charge is 0.353 e. The van der Waals surface area contributed by atoms with Gasteiger partial charge in [0.05, 0.1) is 22.8 Å². The monoisotopic (exact) mass is 558 g/mol. The number of rotatable bonds is 11. The predicted molar refractivity (Wildman–Crippen MR) is 156 cm³/mol. The van der Waals surface area contributed by atoms with Crippen molar-refractivity contribution in [2.75, 3.05) is 13.7 Å². The molecule has 0 N–H and O–H groups in total. The van der Waals surface area contributed by atoms with Crippen LogP contribution in [0.2, 0.25) is 45.3 Å². The molecule has 3 rings (SSSR count). The van der Waals surface area contributed by atoms with E-state index in [2.05, 4.69) is 83.1 Å².